The minimum atomic E-state index is 0. The minimum absolute atomic E-state index is 0. The van der Waals surface area contributed by atoms with Gasteiger partial charge in [-0.25, -0.2) is 0 Å². The molecule has 0 nitrogen and oxygen atoms in total. The average Bonchev–Trinajstić information content (AvgIpc) is 3.61. The first-order valence-corrected chi connectivity index (χ1v) is 21.3. The molecule has 0 unspecified atom stereocenters. The Balaban J connectivity index is 0.000000263. The van der Waals surface area contributed by atoms with E-state index >= 15 is 0 Å². The molecule has 228 valence electrons. The second kappa shape index (κ2) is 17.5. The third-order valence-corrected chi connectivity index (χ3v) is 7.74. The fourth-order valence-corrected chi connectivity index (χ4v) is 5.54. The van der Waals surface area contributed by atoms with Gasteiger partial charge in [0.05, 0.1) is 0 Å². The van der Waals surface area contributed by atoms with E-state index < -0.39 is 0 Å². The van der Waals surface area contributed by atoms with Crippen molar-refractivity contribution in [3.8, 4) is 22.3 Å². The summed E-state index contributed by atoms with van der Waals surface area (Å²) in [7, 11) is 0. The fraction of sp³-hybridized carbons (Fsp3) is 0.250. The molecular formula is C40H44Cl2SiZr-2. The zero-order valence-corrected chi connectivity index (χ0v) is 32.3. The number of fused-ring (bicyclic) bond motifs is 2. The van der Waals surface area contributed by atoms with Gasteiger partial charge in [-0.05, 0) is 11.8 Å². The largest absolute Gasteiger partial charge is 1.00 e. The maximum absolute atomic E-state index is 2.34. The van der Waals surface area contributed by atoms with E-state index in [4.69, 9.17) is 0 Å². The van der Waals surface area contributed by atoms with Gasteiger partial charge >= 0.3 is 41.9 Å². The van der Waals surface area contributed by atoms with Gasteiger partial charge in [0.15, 0.2) is 0 Å². The molecule has 0 amide bonds. The normalized spacial score (nSPS) is 10.5. The standard InChI is InChI=1S/2C19H19.C2H6Si.2ClH.Zr/c2*1-13(2)17-10-9-14(3)18-11-16(12-19(17)18)15-7-5-4-6-8-15;1-3-2;;;/h2*4-13H,1-3H3;1-2H3;2*1H;/q2*-1;;;;+2/p-2. The van der Waals surface area contributed by atoms with Gasteiger partial charge < -0.3 is 24.8 Å². The first-order valence-electron chi connectivity index (χ1n) is 15.1. The predicted octanol–water partition coefficient (Wildman–Crippen LogP) is 6.11. The molecule has 0 saturated carbocycles. The summed E-state index contributed by atoms with van der Waals surface area (Å²) in [5, 5.41) is 5.61. The second-order valence-corrected chi connectivity index (χ2v) is 21.5. The third kappa shape index (κ3) is 9.40. The van der Waals surface area contributed by atoms with Crippen molar-refractivity contribution in [2.24, 2.45) is 0 Å². The van der Waals surface area contributed by atoms with Crippen LogP contribution in [0.5, 0.6) is 0 Å². The van der Waals surface area contributed by atoms with Crippen LogP contribution >= 0.6 is 0 Å². The Hall–Kier alpha value is -2.22. The summed E-state index contributed by atoms with van der Waals surface area (Å²) in [6, 6.07) is 39.6. The molecule has 4 heteroatoms. The molecule has 6 aromatic rings. The molecule has 6 aromatic carbocycles. The summed E-state index contributed by atoms with van der Waals surface area (Å²) >= 11 is 1.74. The molecule has 0 aromatic heterocycles. The van der Waals surface area contributed by atoms with Crippen molar-refractivity contribution in [2.75, 3.05) is 0 Å². The van der Waals surface area contributed by atoms with Crippen LogP contribution in [0.1, 0.15) is 61.8 Å². The minimum Gasteiger partial charge on any atom is -1.00 e. The predicted molar refractivity (Wildman–Crippen MR) is 185 cm³/mol. The van der Waals surface area contributed by atoms with E-state index in [9.17, 15) is 0 Å². The topological polar surface area (TPSA) is 0 Å². The fourth-order valence-electron chi connectivity index (χ4n) is 5.54. The number of benzene rings is 4. The van der Waals surface area contributed by atoms with Crippen LogP contribution in [0, 0.1) is 13.8 Å². The van der Waals surface area contributed by atoms with E-state index in [1.165, 1.54) is 66.1 Å². The van der Waals surface area contributed by atoms with Crippen LogP contribution in [-0.2, 0) is 23.3 Å². The van der Waals surface area contributed by atoms with Gasteiger partial charge in [-0.2, -0.15) is 0 Å². The van der Waals surface area contributed by atoms with Crippen LogP contribution in [0.3, 0.4) is 0 Å². The third-order valence-electron chi connectivity index (χ3n) is 7.74. The molecule has 0 aliphatic carbocycles. The van der Waals surface area contributed by atoms with Gasteiger partial charge in [0.1, 0.15) is 0 Å². The summed E-state index contributed by atoms with van der Waals surface area (Å²) in [6.45, 7) is 18.1. The number of rotatable bonds is 4. The molecule has 0 bridgehead atoms. The molecule has 0 atom stereocenters. The Morgan fingerprint density at radius 2 is 0.864 bits per heavy atom. The number of halogens is 2. The Bertz CT molecular complexity index is 1650. The molecule has 0 heterocycles. The summed E-state index contributed by atoms with van der Waals surface area (Å²) in [5.74, 6) is 1.13. The smallest absolute Gasteiger partial charge is 0.0289 e. The zero-order valence-electron chi connectivity index (χ0n) is 27.3. The van der Waals surface area contributed by atoms with Crippen molar-refractivity contribution in [3.63, 3.8) is 0 Å². The quantitative estimate of drug-likeness (QED) is 0.153. The van der Waals surface area contributed by atoms with Crippen LogP contribution in [-0.4, -0.2) is 5.43 Å². The number of hydrogen-bond acceptors (Lipinski definition) is 0. The second-order valence-electron chi connectivity index (χ2n) is 12.1. The van der Waals surface area contributed by atoms with E-state index in [1.54, 1.807) is 23.3 Å². The maximum Gasteiger partial charge on any atom is -0.0289 e. The Kier molecular flexibility index (Phi) is 15.1. The molecular weight excluding hydrogens is 671 g/mol. The molecule has 6 rings (SSSR count). The van der Waals surface area contributed by atoms with Crippen molar-refractivity contribution in [1.29, 1.82) is 0 Å². The van der Waals surface area contributed by atoms with Crippen molar-refractivity contribution in [3.05, 3.63) is 131 Å². The number of aryl methyl sites for hydroxylation is 2. The van der Waals surface area contributed by atoms with E-state index in [-0.39, 0.29) is 30.2 Å². The van der Waals surface area contributed by atoms with Crippen molar-refractivity contribution < 1.29 is 48.1 Å². The van der Waals surface area contributed by atoms with Gasteiger partial charge in [0.25, 0.3) is 0 Å². The molecule has 0 spiro atoms. The van der Waals surface area contributed by atoms with E-state index in [1.807, 2.05) is 0 Å². The average molecular weight is 715 g/mol. The van der Waals surface area contributed by atoms with Crippen molar-refractivity contribution in [2.45, 2.75) is 66.5 Å². The van der Waals surface area contributed by atoms with Crippen LogP contribution in [0.2, 0.25) is 13.1 Å². The van der Waals surface area contributed by atoms with Crippen molar-refractivity contribution in [1.82, 2.24) is 0 Å². The Labute approximate surface area is 293 Å². The first-order chi connectivity index (χ1) is 20.1. The molecule has 0 radical (unpaired) electrons. The van der Waals surface area contributed by atoms with E-state index in [0.717, 1.165) is 0 Å². The zero-order chi connectivity index (χ0) is 30.4. The molecule has 0 aliphatic heterocycles. The Morgan fingerprint density at radius 1 is 0.545 bits per heavy atom. The maximum atomic E-state index is 2.34. The van der Waals surface area contributed by atoms with E-state index in [0.29, 0.717) is 11.8 Å². The molecule has 44 heavy (non-hydrogen) atoms. The van der Waals surface area contributed by atoms with Gasteiger partial charge in [-0.1, -0.05) is 149 Å². The van der Waals surface area contributed by atoms with Crippen molar-refractivity contribution >= 4 is 27.0 Å². The Morgan fingerprint density at radius 3 is 1.16 bits per heavy atom. The SMILES string of the molecule is C[Si](C)=[Zr+2].Cc1ccc(C(C)C)c2cc(-c3ccccc3)[cH-]c12.Cc1ccc(C(C)C)c2cc(-c3ccccc3)[cH-]c12.[Cl-].[Cl-]. The van der Waals surface area contributed by atoms with Gasteiger partial charge in [-0.3, -0.25) is 0 Å². The summed E-state index contributed by atoms with van der Waals surface area (Å²) < 4.78 is 0. The summed E-state index contributed by atoms with van der Waals surface area (Å²) in [5.41, 5.74) is 11.1. The molecule has 0 saturated heterocycles. The van der Waals surface area contributed by atoms with Crippen LogP contribution < -0.4 is 24.8 Å². The van der Waals surface area contributed by atoms with Crippen LogP contribution in [0.25, 0.3) is 43.8 Å². The van der Waals surface area contributed by atoms with Crippen LogP contribution in [0.15, 0.2) is 109 Å². The molecule has 0 N–H and O–H groups in total. The van der Waals surface area contributed by atoms with E-state index in [2.05, 4.69) is 164 Å². The van der Waals surface area contributed by atoms with Crippen LogP contribution in [0.4, 0.5) is 0 Å². The summed E-state index contributed by atoms with van der Waals surface area (Å²) in [6.07, 6.45) is 0. The van der Waals surface area contributed by atoms with Gasteiger partial charge in [0.2, 0.25) is 0 Å². The first kappa shape index (κ1) is 38.0. The monoisotopic (exact) mass is 712 g/mol. The van der Waals surface area contributed by atoms with Gasteiger partial charge in [0, 0.05) is 0 Å². The summed E-state index contributed by atoms with van der Waals surface area (Å²) in [4.78, 5) is 0. The van der Waals surface area contributed by atoms with Gasteiger partial charge in [-0.15, -0.1) is 68.1 Å². The number of hydrogen-bond donors (Lipinski definition) is 0. The molecule has 0 aliphatic rings. The molecule has 0 fully saturated rings.